The van der Waals surface area contributed by atoms with Crippen molar-refractivity contribution in [2.24, 2.45) is 0 Å². The number of benzene rings is 2. The lowest BCUT2D eigenvalue weighted by Gasteiger charge is -2.06. The van der Waals surface area contributed by atoms with Crippen LogP contribution >= 0.6 is 11.3 Å². The Kier molecular flexibility index (Phi) is 3.42. The van der Waals surface area contributed by atoms with Crippen LogP contribution in [0.1, 0.15) is 11.4 Å². The van der Waals surface area contributed by atoms with E-state index in [4.69, 9.17) is 4.42 Å². The van der Waals surface area contributed by atoms with Crippen molar-refractivity contribution in [3.8, 4) is 10.9 Å². The maximum absolute atomic E-state index is 5.72. The minimum Gasteiger partial charge on any atom is -0.401 e. The lowest BCUT2D eigenvalue weighted by molar-refractivity contribution is 0.579. The summed E-state index contributed by atoms with van der Waals surface area (Å²) in [6.45, 7) is 2.51. The Bertz CT molecular complexity index is 1220. The number of hydrogen-bond donors (Lipinski definition) is 1. The minimum absolute atomic E-state index is 0.377. The summed E-state index contributed by atoms with van der Waals surface area (Å²) < 4.78 is 7.49. The van der Waals surface area contributed by atoms with Crippen LogP contribution in [-0.2, 0) is 6.54 Å². The highest BCUT2D eigenvalue weighted by molar-refractivity contribution is 7.20. The van der Waals surface area contributed by atoms with Gasteiger partial charge in [-0.3, -0.25) is 0 Å². The van der Waals surface area contributed by atoms with Gasteiger partial charge in [-0.25, -0.2) is 9.50 Å². The second-order valence-electron chi connectivity index (χ2n) is 5.87. The van der Waals surface area contributed by atoms with Gasteiger partial charge in [-0.1, -0.05) is 58.9 Å². The van der Waals surface area contributed by atoms with E-state index in [0.29, 0.717) is 23.5 Å². The van der Waals surface area contributed by atoms with E-state index in [0.717, 1.165) is 10.7 Å². The molecule has 3 aromatic heterocycles. The molecule has 0 saturated heterocycles. The fourth-order valence-electron chi connectivity index (χ4n) is 2.90. The van der Waals surface area contributed by atoms with Gasteiger partial charge in [0.15, 0.2) is 0 Å². The molecule has 0 fully saturated rings. The van der Waals surface area contributed by atoms with Crippen LogP contribution in [0.4, 0.5) is 6.01 Å². The molecular weight excluding hydrogens is 348 g/mol. The highest BCUT2D eigenvalue weighted by Crippen LogP contribution is 2.27. The topological polar surface area (TPSA) is 81.1 Å². The summed E-state index contributed by atoms with van der Waals surface area (Å²) in [5.74, 6) is 1.23. The van der Waals surface area contributed by atoms with Crippen molar-refractivity contribution in [1.82, 2.24) is 24.8 Å². The van der Waals surface area contributed by atoms with Gasteiger partial charge in [0.25, 0.3) is 5.89 Å². The Morgan fingerprint density at radius 1 is 1.12 bits per heavy atom. The molecule has 3 heterocycles. The zero-order valence-corrected chi connectivity index (χ0v) is 14.7. The molecule has 0 aliphatic carbocycles. The Hall–Kier alpha value is -3.26. The number of aromatic nitrogens is 5. The van der Waals surface area contributed by atoms with Gasteiger partial charge >= 0.3 is 6.01 Å². The Morgan fingerprint density at radius 3 is 2.92 bits per heavy atom. The first-order valence-electron chi connectivity index (χ1n) is 8.13. The number of fused-ring (bicyclic) bond motifs is 2. The summed E-state index contributed by atoms with van der Waals surface area (Å²) in [7, 11) is 0. The van der Waals surface area contributed by atoms with Crippen LogP contribution in [0.2, 0.25) is 0 Å². The van der Waals surface area contributed by atoms with Crippen LogP contribution in [0.3, 0.4) is 0 Å². The third kappa shape index (κ3) is 2.51. The lowest BCUT2D eigenvalue weighted by atomic mass is 10.0. The zero-order chi connectivity index (χ0) is 17.5. The summed E-state index contributed by atoms with van der Waals surface area (Å²) in [4.78, 5) is 5.16. The van der Waals surface area contributed by atoms with Crippen molar-refractivity contribution in [2.75, 3.05) is 5.32 Å². The number of anilines is 1. The van der Waals surface area contributed by atoms with E-state index < -0.39 is 0 Å². The first-order chi connectivity index (χ1) is 12.8. The SMILES string of the molecule is Cc1ncc2sc(-c3nnc(NCc4cccc5ccccc45)o3)nn12. The van der Waals surface area contributed by atoms with Crippen molar-refractivity contribution in [1.29, 1.82) is 0 Å². The Morgan fingerprint density at radius 2 is 2.00 bits per heavy atom. The standard InChI is InChI=1S/C18H14N6OS/c1-11-19-10-15-24(11)23-17(26-15)16-21-22-18(25-16)20-9-13-7-4-6-12-5-2-3-8-14(12)13/h2-8,10H,9H2,1H3,(H,20,22). The van der Waals surface area contributed by atoms with Crippen molar-refractivity contribution < 1.29 is 4.42 Å². The van der Waals surface area contributed by atoms with E-state index in [1.54, 1.807) is 10.7 Å². The molecule has 0 amide bonds. The highest BCUT2D eigenvalue weighted by Gasteiger charge is 2.15. The molecule has 0 radical (unpaired) electrons. The smallest absolute Gasteiger partial charge is 0.316 e. The highest BCUT2D eigenvalue weighted by atomic mass is 32.1. The first kappa shape index (κ1) is 15.0. The maximum Gasteiger partial charge on any atom is 0.316 e. The number of nitrogens with one attached hydrogen (secondary N) is 1. The largest absolute Gasteiger partial charge is 0.401 e. The summed E-state index contributed by atoms with van der Waals surface area (Å²) >= 11 is 1.47. The molecule has 0 spiro atoms. The summed E-state index contributed by atoms with van der Waals surface area (Å²) in [5, 5.41) is 18.9. The van der Waals surface area contributed by atoms with E-state index in [-0.39, 0.29) is 0 Å². The van der Waals surface area contributed by atoms with E-state index >= 15 is 0 Å². The summed E-state index contributed by atoms with van der Waals surface area (Å²) in [6, 6.07) is 14.9. The van der Waals surface area contributed by atoms with Gasteiger partial charge in [-0.2, -0.15) is 0 Å². The van der Waals surface area contributed by atoms with Gasteiger partial charge in [0.2, 0.25) is 5.01 Å². The first-order valence-corrected chi connectivity index (χ1v) is 8.95. The molecule has 5 rings (SSSR count). The van der Waals surface area contributed by atoms with Gasteiger partial charge in [-0.15, -0.1) is 10.2 Å². The number of aryl methyl sites for hydroxylation is 1. The normalized spacial score (nSPS) is 11.4. The van der Waals surface area contributed by atoms with E-state index in [2.05, 4.69) is 49.9 Å². The molecule has 128 valence electrons. The average molecular weight is 362 g/mol. The maximum atomic E-state index is 5.72. The third-order valence-corrected chi connectivity index (χ3v) is 5.12. The van der Waals surface area contributed by atoms with Crippen molar-refractivity contribution in [3.63, 3.8) is 0 Å². The van der Waals surface area contributed by atoms with Crippen LogP contribution in [0.5, 0.6) is 0 Å². The Balaban J connectivity index is 1.38. The molecule has 5 aromatic rings. The van der Waals surface area contributed by atoms with E-state index in [1.807, 2.05) is 25.1 Å². The molecule has 0 unspecified atom stereocenters. The van der Waals surface area contributed by atoms with Gasteiger partial charge in [0.1, 0.15) is 10.7 Å². The Labute approximate surface area is 152 Å². The van der Waals surface area contributed by atoms with E-state index in [1.165, 1.54) is 27.7 Å². The molecule has 0 aliphatic rings. The lowest BCUT2D eigenvalue weighted by Crippen LogP contribution is -2.00. The molecule has 0 saturated carbocycles. The molecule has 7 nitrogen and oxygen atoms in total. The predicted octanol–water partition coefficient (Wildman–Crippen LogP) is 3.91. The predicted molar refractivity (Wildman–Crippen MR) is 100 cm³/mol. The quantitative estimate of drug-likeness (QED) is 0.522. The number of imidazole rings is 1. The van der Waals surface area contributed by atoms with Crippen LogP contribution in [0.15, 0.2) is 53.1 Å². The van der Waals surface area contributed by atoms with Gasteiger partial charge in [0.05, 0.1) is 6.20 Å². The fourth-order valence-corrected chi connectivity index (χ4v) is 3.76. The third-order valence-electron chi connectivity index (χ3n) is 4.19. The van der Waals surface area contributed by atoms with Crippen molar-refractivity contribution in [3.05, 3.63) is 60.0 Å². The van der Waals surface area contributed by atoms with Crippen LogP contribution in [0, 0.1) is 6.92 Å². The molecule has 0 bridgehead atoms. The molecular formula is C18H14N6OS. The molecule has 1 N–H and O–H groups in total. The van der Waals surface area contributed by atoms with Crippen LogP contribution < -0.4 is 5.32 Å². The van der Waals surface area contributed by atoms with Gasteiger partial charge in [0, 0.05) is 6.54 Å². The number of rotatable bonds is 4. The van der Waals surface area contributed by atoms with Crippen molar-refractivity contribution in [2.45, 2.75) is 13.5 Å². The second-order valence-corrected chi connectivity index (χ2v) is 6.88. The molecule has 0 atom stereocenters. The molecule has 2 aromatic carbocycles. The molecule has 0 aliphatic heterocycles. The number of hydrogen-bond acceptors (Lipinski definition) is 7. The van der Waals surface area contributed by atoms with Crippen molar-refractivity contribution >= 4 is 33.0 Å². The van der Waals surface area contributed by atoms with Crippen LogP contribution in [-0.4, -0.2) is 24.8 Å². The molecule has 26 heavy (non-hydrogen) atoms. The van der Waals surface area contributed by atoms with Crippen LogP contribution in [0.25, 0.3) is 26.5 Å². The van der Waals surface area contributed by atoms with Gasteiger partial charge in [-0.05, 0) is 23.3 Å². The minimum atomic E-state index is 0.377. The van der Waals surface area contributed by atoms with E-state index in [9.17, 15) is 0 Å². The average Bonchev–Trinajstić information content (AvgIpc) is 3.37. The van der Waals surface area contributed by atoms with Gasteiger partial charge < -0.3 is 9.73 Å². The zero-order valence-electron chi connectivity index (χ0n) is 13.9. The summed E-state index contributed by atoms with van der Waals surface area (Å²) in [6.07, 6.45) is 1.78. The molecule has 8 heteroatoms. The fraction of sp³-hybridized carbons (Fsp3) is 0.111. The number of nitrogens with zero attached hydrogens (tertiary/aromatic N) is 5. The summed E-state index contributed by atoms with van der Waals surface area (Å²) in [5.41, 5.74) is 1.17. The second kappa shape index (κ2) is 5.92. The monoisotopic (exact) mass is 362 g/mol.